The Morgan fingerprint density at radius 1 is 1.00 bits per heavy atom. The van der Waals surface area contributed by atoms with Crippen LogP contribution in [0.5, 0.6) is 11.5 Å². The highest BCUT2D eigenvalue weighted by Gasteiger charge is 2.16. The predicted octanol–water partition coefficient (Wildman–Crippen LogP) is 3.59. The van der Waals surface area contributed by atoms with Crippen LogP contribution in [-0.4, -0.2) is 28.0 Å². The van der Waals surface area contributed by atoms with Crippen molar-refractivity contribution in [3.8, 4) is 11.5 Å². The summed E-state index contributed by atoms with van der Waals surface area (Å²) in [5.74, 6) is 0.730. The van der Waals surface area contributed by atoms with Crippen LogP contribution in [0.1, 0.15) is 16.2 Å². The number of ketones is 1. The number of aromatic nitrogens is 2. The number of para-hydroxylation sites is 1. The maximum Gasteiger partial charge on any atom is 0.225 e. The molecule has 4 aromatic rings. The van der Waals surface area contributed by atoms with E-state index in [0.29, 0.717) is 17.1 Å². The molecule has 23 heavy (non-hydrogen) atoms. The molecule has 2 heterocycles. The van der Waals surface area contributed by atoms with Crippen LogP contribution in [0.4, 0.5) is 0 Å². The van der Waals surface area contributed by atoms with Gasteiger partial charge in [0.05, 0.1) is 24.0 Å². The van der Waals surface area contributed by atoms with Crippen LogP contribution in [0.3, 0.4) is 0 Å². The minimum absolute atomic E-state index is 0.140. The van der Waals surface area contributed by atoms with Crippen molar-refractivity contribution >= 4 is 27.6 Å². The second-order valence-electron chi connectivity index (χ2n) is 5.39. The first-order valence-electron chi connectivity index (χ1n) is 7.18. The van der Waals surface area contributed by atoms with E-state index in [4.69, 9.17) is 4.74 Å². The second-order valence-corrected chi connectivity index (χ2v) is 5.39. The summed E-state index contributed by atoms with van der Waals surface area (Å²) in [6.07, 6.45) is 0. The van der Waals surface area contributed by atoms with Gasteiger partial charge >= 0.3 is 0 Å². The highest BCUT2D eigenvalue weighted by molar-refractivity contribution is 6.11. The van der Waals surface area contributed by atoms with Crippen molar-refractivity contribution in [1.82, 2.24) is 9.97 Å². The molecule has 0 bridgehead atoms. The number of phenols is 1. The molecule has 5 heteroatoms. The monoisotopic (exact) mass is 306 g/mol. The summed E-state index contributed by atoms with van der Waals surface area (Å²) in [6.45, 7) is 0. The fourth-order valence-electron chi connectivity index (χ4n) is 2.81. The zero-order chi connectivity index (χ0) is 16.0. The molecule has 0 fully saturated rings. The number of nitrogens with one attached hydrogen (secondary N) is 2. The van der Waals surface area contributed by atoms with E-state index in [-0.39, 0.29) is 11.5 Å². The number of methoxy groups -OCH3 is 1. The maximum absolute atomic E-state index is 12.7. The van der Waals surface area contributed by atoms with Gasteiger partial charge in [-0.25, -0.2) is 0 Å². The summed E-state index contributed by atoms with van der Waals surface area (Å²) in [5.41, 5.74) is 2.56. The van der Waals surface area contributed by atoms with Crippen molar-refractivity contribution in [2.45, 2.75) is 0 Å². The van der Waals surface area contributed by atoms with E-state index in [1.807, 2.05) is 24.3 Å². The number of ether oxygens (including phenoxy) is 1. The smallest absolute Gasteiger partial charge is 0.225 e. The van der Waals surface area contributed by atoms with Crippen molar-refractivity contribution in [2.75, 3.05) is 7.11 Å². The van der Waals surface area contributed by atoms with Gasteiger partial charge in [-0.2, -0.15) is 0 Å². The van der Waals surface area contributed by atoms with E-state index >= 15 is 0 Å². The molecule has 0 atom stereocenters. The number of aromatic amines is 2. The average Bonchev–Trinajstić information content (AvgIpc) is 3.16. The van der Waals surface area contributed by atoms with Gasteiger partial charge in [0.25, 0.3) is 0 Å². The molecule has 0 amide bonds. The van der Waals surface area contributed by atoms with E-state index in [9.17, 15) is 9.90 Å². The van der Waals surface area contributed by atoms with Crippen molar-refractivity contribution in [2.24, 2.45) is 0 Å². The summed E-state index contributed by atoms with van der Waals surface area (Å²) < 4.78 is 5.31. The molecule has 2 aromatic heterocycles. The molecular formula is C18H14N2O3. The first kappa shape index (κ1) is 13.5. The van der Waals surface area contributed by atoms with Gasteiger partial charge in [-0.05, 0) is 36.4 Å². The lowest BCUT2D eigenvalue weighted by Crippen LogP contribution is -2.01. The summed E-state index contributed by atoms with van der Waals surface area (Å²) in [7, 11) is 1.60. The molecule has 0 aliphatic carbocycles. The average molecular weight is 306 g/mol. The van der Waals surface area contributed by atoms with Gasteiger partial charge in [0, 0.05) is 16.3 Å². The first-order valence-corrected chi connectivity index (χ1v) is 7.18. The number of fused-ring (bicyclic) bond motifs is 2. The Bertz CT molecular complexity index is 1040. The van der Waals surface area contributed by atoms with Gasteiger partial charge < -0.3 is 19.8 Å². The molecule has 0 unspecified atom stereocenters. The fourth-order valence-corrected chi connectivity index (χ4v) is 2.81. The highest BCUT2D eigenvalue weighted by atomic mass is 16.5. The molecular weight excluding hydrogens is 292 g/mol. The van der Waals surface area contributed by atoms with E-state index in [0.717, 1.165) is 21.8 Å². The van der Waals surface area contributed by atoms with Crippen LogP contribution in [-0.2, 0) is 0 Å². The lowest BCUT2D eigenvalue weighted by Gasteiger charge is -1.99. The topological polar surface area (TPSA) is 78.1 Å². The first-order chi connectivity index (χ1) is 11.2. The number of carbonyl (C=O) groups excluding carboxylic acids is 1. The number of aromatic hydroxyl groups is 1. The Kier molecular flexibility index (Phi) is 2.87. The molecule has 0 spiro atoms. The lowest BCUT2D eigenvalue weighted by atomic mass is 10.2. The Morgan fingerprint density at radius 3 is 2.61 bits per heavy atom. The number of phenolic OH excluding ortho intramolecular Hbond substituents is 1. The van der Waals surface area contributed by atoms with Crippen molar-refractivity contribution in [3.05, 3.63) is 59.9 Å². The summed E-state index contributed by atoms with van der Waals surface area (Å²) in [4.78, 5) is 18.9. The largest absolute Gasteiger partial charge is 0.508 e. The third-order valence-electron chi connectivity index (χ3n) is 3.93. The fraction of sp³-hybridized carbons (Fsp3) is 0.0556. The van der Waals surface area contributed by atoms with E-state index in [2.05, 4.69) is 9.97 Å². The summed E-state index contributed by atoms with van der Waals surface area (Å²) >= 11 is 0. The molecule has 0 aliphatic rings. The Morgan fingerprint density at radius 2 is 1.78 bits per heavy atom. The number of carbonyl (C=O) groups is 1. The van der Waals surface area contributed by atoms with Crippen molar-refractivity contribution in [3.63, 3.8) is 0 Å². The SMILES string of the molecule is COc1cccc2cc(C(=O)c3cc4cc(O)ccc4[nH]3)[nH]c12. The van der Waals surface area contributed by atoms with Crippen LogP contribution in [0, 0.1) is 0 Å². The van der Waals surface area contributed by atoms with E-state index < -0.39 is 0 Å². The second kappa shape index (κ2) is 4.91. The Balaban J connectivity index is 1.81. The minimum atomic E-state index is -0.140. The zero-order valence-electron chi connectivity index (χ0n) is 12.4. The van der Waals surface area contributed by atoms with Crippen molar-refractivity contribution < 1.29 is 14.6 Å². The standard InChI is InChI=1S/C18H14N2O3/c1-23-16-4-2-3-10-8-15(20-17(10)16)18(22)14-9-11-7-12(21)5-6-13(11)19-14/h2-9,19-21H,1H3. The number of rotatable bonds is 3. The molecule has 114 valence electrons. The quantitative estimate of drug-likeness (QED) is 0.506. The van der Waals surface area contributed by atoms with E-state index in [1.54, 1.807) is 31.4 Å². The van der Waals surface area contributed by atoms with Crippen LogP contribution < -0.4 is 4.74 Å². The Labute approximate surface area is 131 Å². The van der Waals surface area contributed by atoms with Gasteiger partial charge in [0.2, 0.25) is 5.78 Å². The van der Waals surface area contributed by atoms with Gasteiger partial charge in [0.15, 0.2) is 0 Å². The summed E-state index contributed by atoms with van der Waals surface area (Å²) in [5, 5.41) is 11.2. The number of benzene rings is 2. The third kappa shape index (κ3) is 2.14. The van der Waals surface area contributed by atoms with Gasteiger partial charge in [-0.1, -0.05) is 12.1 Å². The minimum Gasteiger partial charge on any atom is -0.508 e. The molecule has 2 aromatic carbocycles. The molecule has 5 nitrogen and oxygen atoms in total. The number of H-pyrrole nitrogens is 2. The normalized spacial score (nSPS) is 11.2. The highest BCUT2D eigenvalue weighted by Crippen LogP contribution is 2.27. The zero-order valence-corrected chi connectivity index (χ0v) is 12.4. The molecule has 0 saturated carbocycles. The van der Waals surface area contributed by atoms with Crippen molar-refractivity contribution in [1.29, 1.82) is 0 Å². The maximum atomic E-state index is 12.7. The molecule has 0 radical (unpaired) electrons. The van der Waals surface area contributed by atoms with Crippen LogP contribution in [0.25, 0.3) is 21.8 Å². The summed E-state index contributed by atoms with van der Waals surface area (Å²) in [6, 6.07) is 14.2. The number of hydrogen-bond donors (Lipinski definition) is 3. The molecule has 0 aliphatic heterocycles. The van der Waals surface area contributed by atoms with Crippen LogP contribution in [0.15, 0.2) is 48.5 Å². The van der Waals surface area contributed by atoms with Gasteiger partial charge in [0.1, 0.15) is 11.5 Å². The lowest BCUT2D eigenvalue weighted by molar-refractivity contribution is 0.103. The molecule has 0 saturated heterocycles. The van der Waals surface area contributed by atoms with Crippen LogP contribution >= 0.6 is 0 Å². The molecule has 4 rings (SSSR count). The van der Waals surface area contributed by atoms with Gasteiger partial charge in [-0.3, -0.25) is 4.79 Å². The number of hydrogen-bond acceptors (Lipinski definition) is 3. The Hall–Kier alpha value is -3.21. The third-order valence-corrected chi connectivity index (χ3v) is 3.93. The molecule has 3 N–H and O–H groups in total. The van der Waals surface area contributed by atoms with E-state index in [1.165, 1.54) is 0 Å². The van der Waals surface area contributed by atoms with Crippen LogP contribution in [0.2, 0.25) is 0 Å². The predicted molar refractivity (Wildman–Crippen MR) is 88.2 cm³/mol. The van der Waals surface area contributed by atoms with Gasteiger partial charge in [-0.15, -0.1) is 0 Å².